The van der Waals surface area contributed by atoms with Crippen molar-refractivity contribution in [2.45, 2.75) is 309 Å². The zero-order valence-corrected chi connectivity index (χ0v) is 51.6. The molecule has 0 aliphatic carbocycles. The monoisotopic (exact) mass is 1090 g/mol. The van der Waals surface area contributed by atoms with Gasteiger partial charge in [-0.15, -0.1) is 0 Å². The zero-order valence-electron chi connectivity index (χ0n) is 51.6. The van der Waals surface area contributed by atoms with E-state index in [0.717, 1.165) is 135 Å². The van der Waals surface area contributed by atoms with Crippen LogP contribution in [0.1, 0.15) is 303 Å². The van der Waals surface area contributed by atoms with E-state index < -0.39 is 6.10 Å². The van der Waals surface area contributed by atoms with Gasteiger partial charge in [0.2, 0.25) is 0 Å². The Hall–Kier alpha value is -4.19. The number of allylic oxidation sites excluding steroid dienone is 20. The smallest absolute Gasteiger partial charge is 0.306 e. The molecule has 1 atom stereocenters. The topological polar surface area (TPSA) is 78.9 Å². The van der Waals surface area contributed by atoms with Crippen LogP contribution in [0.15, 0.2) is 122 Å². The van der Waals surface area contributed by atoms with Gasteiger partial charge < -0.3 is 14.2 Å². The van der Waals surface area contributed by atoms with Crippen molar-refractivity contribution >= 4 is 17.9 Å². The predicted molar refractivity (Wildman–Crippen MR) is 343 cm³/mol. The van der Waals surface area contributed by atoms with Crippen molar-refractivity contribution in [2.24, 2.45) is 0 Å². The van der Waals surface area contributed by atoms with Gasteiger partial charge in [0.25, 0.3) is 0 Å². The molecule has 0 saturated carbocycles. The summed E-state index contributed by atoms with van der Waals surface area (Å²) in [7, 11) is 0. The molecule has 6 nitrogen and oxygen atoms in total. The number of hydrogen-bond donors (Lipinski definition) is 0. The molecule has 0 N–H and O–H groups in total. The van der Waals surface area contributed by atoms with E-state index in [1.807, 2.05) is 0 Å². The second kappa shape index (κ2) is 66.3. The maximum Gasteiger partial charge on any atom is 0.306 e. The molecule has 0 radical (unpaired) electrons. The quantitative estimate of drug-likeness (QED) is 0.0261. The van der Waals surface area contributed by atoms with Crippen LogP contribution in [0.3, 0.4) is 0 Å². The molecule has 0 bridgehead atoms. The van der Waals surface area contributed by atoms with E-state index >= 15 is 0 Å². The highest BCUT2D eigenvalue weighted by Gasteiger charge is 2.19. The molecule has 0 rings (SSSR count). The molecule has 0 spiro atoms. The third-order valence-electron chi connectivity index (χ3n) is 13.9. The molecule has 0 saturated heterocycles. The summed E-state index contributed by atoms with van der Waals surface area (Å²) >= 11 is 0. The van der Waals surface area contributed by atoms with Gasteiger partial charge in [0.15, 0.2) is 6.10 Å². The number of rotatable bonds is 59. The Bertz CT molecular complexity index is 1640. The van der Waals surface area contributed by atoms with Gasteiger partial charge in [0.05, 0.1) is 0 Å². The maximum atomic E-state index is 12.9. The third-order valence-corrected chi connectivity index (χ3v) is 13.9. The summed E-state index contributed by atoms with van der Waals surface area (Å²) in [5.74, 6) is -0.910. The van der Waals surface area contributed by atoms with E-state index in [0.29, 0.717) is 19.3 Å². The van der Waals surface area contributed by atoms with Crippen LogP contribution in [-0.2, 0) is 28.6 Å². The molecule has 6 heteroatoms. The lowest BCUT2D eigenvalue weighted by atomic mass is 10.1. The van der Waals surface area contributed by atoms with Gasteiger partial charge in [-0.3, -0.25) is 14.4 Å². The minimum atomic E-state index is -0.796. The van der Waals surface area contributed by atoms with Crippen LogP contribution in [0.4, 0.5) is 0 Å². The molecule has 79 heavy (non-hydrogen) atoms. The second-order valence-electron chi connectivity index (χ2n) is 21.6. The van der Waals surface area contributed by atoms with E-state index in [-0.39, 0.29) is 31.1 Å². The highest BCUT2D eigenvalue weighted by atomic mass is 16.6. The van der Waals surface area contributed by atoms with E-state index in [2.05, 4.69) is 142 Å². The van der Waals surface area contributed by atoms with Crippen LogP contribution in [0.5, 0.6) is 0 Å². The average Bonchev–Trinajstić information content (AvgIpc) is 3.45. The van der Waals surface area contributed by atoms with Crippen molar-refractivity contribution in [1.29, 1.82) is 0 Å². The number of hydrogen-bond acceptors (Lipinski definition) is 6. The molecule has 0 aliphatic heterocycles. The van der Waals surface area contributed by atoms with Gasteiger partial charge in [0.1, 0.15) is 13.2 Å². The Kier molecular flexibility index (Phi) is 62.8. The summed E-state index contributed by atoms with van der Waals surface area (Å²) in [5.41, 5.74) is 0. The van der Waals surface area contributed by atoms with E-state index in [4.69, 9.17) is 14.2 Å². The van der Waals surface area contributed by atoms with Gasteiger partial charge in [0, 0.05) is 19.3 Å². The third kappa shape index (κ3) is 64.5. The van der Waals surface area contributed by atoms with Gasteiger partial charge in [-0.05, 0) is 135 Å². The molecule has 450 valence electrons. The standard InChI is InChI=1S/C73H122O6/c1-4-7-10-13-16-19-22-25-28-31-33-34-35-36-37-38-40-42-45-48-51-54-57-60-63-66-72(75)78-69-70(68-77-71(74)65-62-59-56-53-50-47-44-41-30-27-24-21-18-15-12-9-6-3)79-73(76)67-64-61-58-55-52-49-46-43-39-32-29-26-23-20-17-14-11-8-5-2/h7,10,16-21,25-30,33-34,36-37,39,43,70H,4-6,8-9,11-15,22-24,31-32,35,38,40-42,44-69H2,1-3H3/b10-7-,19-16-,20-17-,21-18-,28-25-,29-26-,30-27-,34-33-,37-36-,43-39-. The summed E-state index contributed by atoms with van der Waals surface area (Å²) in [6.07, 6.45) is 91.9. The van der Waals surface area contributed by atoms with E-state index in [1.54, 1.807) is 0 Å². The van der Waals surface area contributed by atoms with Gasteiger partial charge in [-0.1, -0.05) is 271 Å². The predicted octanol–water partition coefficient (Wildman–Crippen LogP) is 22.8. The largest absolute Gasteiger partial charge is 0.462 e. The molecular formula is C73H122O6. The van der Waals surface area contributed by atoms with Gasteiger partial charge in [-0.25, -0.2) is 0 Å². The number of carbonyl (C=O) groups excluding carboxylic acids is 3. The summed E-state index contributed by atoms with van der Waals surface area (Å²) < 4.78 is 16.9. The first-order valence-electron chi connectivity index (χ1n) is 33.0. The van der Waals surface area contributed by atoms with Crippen molar-refractivity contribution in [3.05, 3.63) is 122 Å². The minimum Gasteiger partial charge on any atom is -0.462 e. The Morgan fingerprint density at radius 3 is 0.772 bits per heavy atom. The summed E-state index contributed by atoms with van der Waals surface area (Å²) in [6.45, 7) is 6.47. The van der Waals surface area contributed by atoms with Gasteiger partial charge >= 0.3 is 17.9 Å². The Morgan fingerprint density at radius 1 is 0.266 bits per heavy atom. The van der Waals surface area contributed by atoms with Crippen molar-refractivity contribution in [2.75, 3.05) is 13.2 Å². The van der Waals surface area contributed by atoms with Crippen molar-refractivity contribution in [1.82, 2.24) is 0 Å². The molecule has 0 aromatic heterocycles. The second-order valence-corrected chi connectivity index (χ2v) is 21.6. The van der Waals surface area contributed by atoms with Crippen LogP contribution in [0.2, 0.25) is 0 Å². The molecule has 0 aliphatic rings. The first-order chi connectivity index (χ1) is 39.0. The molecule has 0 heterocycles. The molecule has 0 fully saturated rings. The van der Waals surface area contributed by atoms with Crippen molar-refractivity contribution in [3.63, 3.8) is 0 Å². The number of ether oxygens (including phenoxy) is 3. The van der Waals surface area contributed by atoms with Gasteiger partial charge in [-0.2, -0.15) is 0 Å². The highest BCUT2D eigenvalue weighted by Crippen LogP contribution is 2.15. The van der Waals surface area contributed by atoms with Crippen molar-refractivity contribution < 1.29 is 28.6 Å². The fraction of sp³-hybridized carbons (Fsp3) is 0.685. The summed E-state index contributed by atoms with van der Waals surface area (Å²) in [6, 6.07) is 0. The molecule has 1 unspecified atom stereocenters. The lowest BCUT2D eigenvalue weighted by Gasteiger charge is -2.18. The fourth-order valence-corrected chi connectivity index (χ4v) is 8.98. The number of esters is 3. The number of carbonyl (C=O) groups is 3. The summed E-state index contributed by atoms with van der Waals surface area (Å²) in [5, 5.41) is 0. The average molecular weight is 1100 g/mol. The van der Waals surface area contributed by atoms with Crippen LogP contribution in [0, 0.1) is 0 Å². The SMILES string of the molecule is CC/C=C\C/C=C\C/C=C\C/C=C\C/C=C\CCCCCCCCCCCC(=O)OCC(COC(=O)CCCCCCCCC/C=C\C/C=C\CCCCC)OC(=O)CCCCCCCC/C=C\C/C=C\C/C=C\CCCCC. The fourth-order valence-electron chi connectivity index (χ4n) is 8.98. The van der Waals surface area contributed by atoms with Crippen molar-refractivity contribution in [3.8, 4) is 0 Å². The lowest BCUT2D eigenvalue weighted by Crippen LogP contribution is -2.30. The Balaban J connectivity index is 4.42. The van der Waals surface area contributed by atoms with Crippen LogP contribution in [0.25, 0.3) is 0 Å². The van der Waals surface area contributed by atoms with E-state index in [1.165, 1.54) is 128 Å². The molecule has 0 aromatic rings. The minimum absolute atomic E-state index is 0.0911. The van der Waals surface area contributed by atoms with Crippen LogP contribution < -0.4 is 0 Å². The number of unbranched alkanes of at least 4 members (excludes halogenated alkanes) is 28. The van der Waals surface area contributed by atoms with Crippen LogP contribution in [-0.4, -0.2) is 37.2 Å². The highest BCUT2D eigenvalue weighted by molar-refractivity contribution is 5.71. The van der Waals surface area contributed by atoms with E-state index in [9.17, 15) is 14.4 Å². The summed E-state index contributed by atoms with van der Waals surface area (Å²) in [4.78, 5) is 38.4. The maximum absolute atomic E-state index is 12.9. The molecule has 0 aromatic carbocycles. The first kappa shape index (κ1) is 74.8. The normalized spacial score (nSPS) is 12.9. The van der Waals surface area contributed by atoms with Crippen LogP contribution >= 0.6 is 0 Å². The molecule has 0 amide bonds. The zero-order chi connectivity index (χ0) is 57.1. The Morgan fingerprint density at radius 2 is 0.494 bits per heavy atom. The first-order valence-corrected chi connectivity index (χ1v) is 33.0. The molecular weight excluding hydrogens is 973 g/mol. The Labute approximate surface area is 488 Å². The lowest BCUT2D eigenvalue weighted by molar-refractivity contribution is -0.167.